The second-order valence-electron chi connectivity index (χ2n) is 3.13. The van der Waals surface area contributed by atoms with Gasteiger partial charge >= 0.3 is 0 Å². The van der Waals surface area contributed by atoms with Crippen LogP contribution in [0, 0.1) is 5.92 Å². The fourth-order valence-corrected chi connectivity index (χ4v) is 0.931. The summed E-state index contributed by atoms with van der Waals surface area (Å²) in [6.45, 7) is 4.82. The van der Waals surface area contributed by atoms with Gasteiger partial charge in [0.05, 0.1) is 6.10 Å². The number of amides is 1. The molecule has 2 unspecified atom stereocenters. The molecule has 0 bridgehead atoms. The van der Waals surface area contributed by atoms with Crippen molar-refractivity contribution in [1.29, 1.82) is 0 Å². The van der Waals surface area contributed by atoms with Gasteiger partial charge in [0, 0.05) is 26.1 Å². The van der Waals surface area contributed by atoms with Gasteiger partial charge in [0.25, 0.3) is 0 Å². The Bertz CT molecular complexity index is 147. The first kappa shape index (κ1) is 12.4. The first-order chi connectivity index (χ1) is 6.15. The van der Waals surface area contributed by atoms with Crippen molar-refractivity contribution in [3.63, 3.8) is 0 Å². The number of hydrogen-bond acceptors (Lipinski definition) is 3. The second kappa shape index (κ2) is 6.86. The van der Waals surface area contributed by atoms with E-state index >= 15 is 0 Å². The van der Waals surface area contributed by atoms with E-state index in [1.807, 2.05) is 13.8 Å². The number of carbonyl (C=O) groups is 1. The average Bonchev–Trinajstić information content (AvgIpc) is 2.16. The molecule has 0 aliphatic carbocycles. The number of hydrogen-bond donors (Lipinski definition) is 2. The van der Waals surface area contributed by atoms with Gasteiger partial charge in [-0.15, -0.1) is 0 Å². The standard InChI is InChI=1S/C9H20N2O2/c1-4-8(5-10)9(12)11-6-7(2)13-3/h7-8H,4-6,10H2,1-3H3,(H,11,12). The molecule has 0 aliphatic rings. The number of rotatable bonds is 6. The van der Waals surface area contributed by atoms with Crippen LogP contribution in [0.5, 0.6) is 0 Å². The summed E-state index contributed by atoms with van der Waals surface area (Å²) in [6.07, 6.45) is 0.836. The highest BCUT2D eigenvalue weighted by atomic mass is 16.5. The lowest BCUT2D eigenvalue weighted by molar-refractivity contribution is -0.125. The largest absolute Gasteiger partial charge is 0.380 e. The van der Waals surface area contributed by atoms with Crippen molar-refractivity contribution in [1.82, 2.24) is 5.32 Å². The minimum atomic E-state index is -0.0657. The summed E-state index contributed by atoms with van der Waals surface area (Å²) in [6, 6.07) is 0. The van der Waals surface area contributed by atoms with Gasteiger partial charge in [-0.25, -0.2) is 0 Å². The summed E-state index contributed by atoms with van der Waals surface area (Å²) in [5.74, 6) is -0.0436. The minimum Gasteiger partial charge on any atom is -0.380 e. The summed E-state index contributed by atoms with van der Waals surface area (Å²) >= 11 is 0. The van der Waals surface area contributed by atoms with Gasteiger partial charge in [-0.1, -0.05) is 6.92 Å². The number of carbonyl (C=O) groups excluding carboxylic acids is 1. The third kappa shape index (κ3) is 4.85. The molecule has 0 fully saturated rings. The number of methoxy groups -OCH3 is 1. The van der Waals surface area contributed by atoms with Gasteiger partial charge in [0.2, 0.25) is 5.91 Å². The first-order valence-electron chi connectivity index (χ1n) is 4.66. The van der Waals surface area contributed by atoms with Crippen LogP contribution in [-0.4, -0.2) is 32.2 Å². The van der Waals surface area contributed by atoms with Crippen LogP contribution < -0.4 is 11.1 Å². The topological polar surface area (TPSA) is 64.4 Å². The Morgan fingerprint density at radius 1 is 1.62 bits per heavy atom. The quantitative estimate of drug-likeness (QED) is 0.622. The van der Waals surface area contributed by atoms with Crippen LogP contribution in [0.4, 0.5) is 0 Å². The van der Waals surface area contributed by atoms with E-state index in [1.165, 1.54) is 0 Å². The van der Waals surface area contributed by atoms with Gasteiger partial charge < -0.3 is 15.8 Å². The van der Waals surface area contributed by atoms with Crippen LogP contribution in [0.3, 0.4) is 0 Å². The first-order valence-corrected chi connectivity index (χ1v) is 4.66. The van der Waals surface area contributed by atoms with Crippen molar-refractivity contribution >= 4 is 5.91 Å². The molecule has 0 saturated carbocycles. The number of nitrogens with one attached hydrogen (secondary N) is 1. The monoisotopic (exact) mass is 188 g/mol. The molecule has 0 aliphatic heterocycles. The van der Waals surface area contributed by atoms with E-state index in [4.69, 9.17) is 10.5 Å². The SMILES string of the molecule is CCC(CN)C(=O)NCC(C)OC. The van der Waals surface area contributed by atoms with E-state index < -0.39 is 0 Å². The second-order valence-corrected chi connectivity index (χ2v) is 3.13. The third-order valence-corrected chi connectivity index (χ3v) is 2.11. The summed E-state index contributed by atoms with van der Waals surface area (Å²) in [5, 5.41) is 2.79. The van der Waals surface area contributed by atoms with Crippen molar-refractivity contribution in [2.24, 2.45) is 11.7 Å². The zero-order valence-electron chi connectivity index (χ0n) is 8.67. The van der Waals surface area contributed by atoms with Gasteiger partial charge in [-0.2, -0.15) is 0 Å². The predicted octanol–water partition coefficient (Wildman–Crippen LogP) is 0.122. The van der Waals surface area contributed by atoms with Gasteiger partial charge in [-0.3, -0.25) is 4.79 Å². The van der Waals surface area contributed by atoms with Crippen LogP contribution >= 0.6 is 0 Å². The van der Waals surface area contributed by atoms with E-state index in [9.17, 15) is 4.79 Å². The Morgan fingerprint density at radius 3 is 2.62 bits per heavy atom. The van der Waals surface area contributed by atoms with Crippen molar-refractivity contribution in [2.45, 2.75) is 26.4 Å². The lowest BCUT2D eigenvalue weighted by Gasteiger charge is -2.15. The molecular formula is C9H20N2O2. The van der Waals surface area contributed by atoms with Crippen LogP contribution in [0.15, 0.2) is 0 Å². The van der Waals surface area contributed by atoms with E-state index in [0.717, 1.165) is 6.42 Å². The molecule has 3 N–H and O–H groups in total. The van der Waals surface area contributed by atoms with Gasteiger partial charge in [-0.05, 0) is 13.3 Å². The molecule has 4 heteroatoms. The molecule has 0 radical (unpaired) electrons. The lowest BCUT2D eigenvalue weighted by Crippen LogP contribution is -2.38. The highest BCUT2D eigenvalue weighted by Crippen LogP contribution is 1.99. The maximum Gasteiger partial charge on any atom is 0.224 e. The molecule has 1 amide bonds. The fraction of sp³-hybridized carbons (Fsp3) is 0.889. The van der Waals surface area contributed by atoms with Crippen molar-refractivity contribution in [3.05, 3.63) is 0 Å². The van der Waals surface area contributed by atoms with Gasteiger partial charge in [0.15, 0.2) is 0 Å². The Kier molecular flexibility index (Phi) is 6.54. The average molecular weight is 188 g/mol. The molecule has 0 saturated heterocycles. The molecule has 0 aromatic rings. The molecule has 0 aromatic heterocycles. The molecular weight excluding hydrogens is 168 g/mol. The molecule has 0 heterocycles. The predicted molar refractivity (Wildman–Crippen MR) is 52.3 cm³/mol. The minimum absolute atomic E-state index is 0.0221. The normalized spacial score (nSPS) is 15.1. The van der Waals surface area contributed by atoms with Crippen molar-refractivity contribution in [2.75, 3.05) is 20.2 Å². The molecule has 2 atom stereocenters. The Labute approximate surface area is 79.8 Å². The van der Waals surface area contributed by atoms with Crippen molar-refractivity contribution in [3.8, 4) is 0 Å². The van der Waals surface area contributed by atoms with E-state index in [0.29, 0.717) is 13.1 Å². The zero-order valence-corrected chi connectivity index (χ0v) is 8.67. The van der Waals surface area contributed by atoms with E-state index in [1.54, 1.807) is 7.11 Å². The molecule has 0 spiro atoms. The Morgan fingerprint density at radius 2 is 2.23 bits per heavy atom. The molecule has 0 aromatic carbocycles. The van der Waals surface area contributed by atoms with Crippen molar-refractivity contribution < 1.29 is 9.53 Å². The summed E-state index contributed by atoms with van der Waals surface area (Å²) < 4.78 is 5.00. The summed E-state index contributed by atoms with van der Waals surface area (Å²) in [5.41, 5.74) is 5.43. The van der Waals surface area contributed by atoms with Gasteiger partial charge in [0.1, 0.15) is 0 Å². The van der Waals surface area contributed by atoms with Crippen LogP contribution in [0.25, 0.3) is 0 Å². The van der Waals surface area contributed by atoms with Crippen LogP contribution in [0.2, 0.25) is 0 Å². The van der Waals surface area contributed by atoms with Crippen LogP contribution in [-0.2, 0) is 9.53 Å². The molecule has 4 nitrogen and oxygen atoms in total. The lowest BCUT2D eigenvalue weighted by atomic mass is 10.1. The summed E-state index contributed by atoms with van der Waals surface area (Å²) in [4.78, 5) is 11.4. The summed E-state index contributed by atoms with van der Waals surface area (Å²) in [7, 11) is 1.62. The molecule has 0 rings (SSSR count). The maximum absolute atomic E-state index is 11.4. The highest BCUT2D eigenvalue weighted by Gasteiger charge is 2.14. The Balaban J connectivity index is 3.72. The zero-order chi connectivity index (χ0) is 10.3. The number of ether oxygens (including phenoxy) is 1. The van der Waals surface area contributed by atoms with E-state index in [-0.39, 0.29) is 17.9 Å². The number of nitrogens with two attached hydrogens (primary N) is 1. The highest BCUT2D eigenvalue weighted by molar-refractivity contribution is 5.78. The molecule has 13 heavy (non-hydrogen) atoms. The fourth-order valence-electron chi connectivity index (χ4n) is 0.931. The maximum atomic E-state index is 11.4. The van der Waals surface area contributed by atoms with Crippen LogP contribution in [0.1, 0.15) is 20.3 Å². The third-order valence-electron chi connectivity index (χ3n) is 2.11. The van der Waals surface area contributed by atoms with E-state index in [2.05, 4.69) is 5.32 Å². The molecule has 78 valence electrons. The smallest absolute Gasteiger partial charge is 0.224 e. The Hall–Kier alpha value is -0.610.